The van der Waals surface area contributed by atoms with Gasteiger partial charge in [-0.2, -0.15) is 0 Å². The summed E-state index contributed by atoms with van der Waals surface area (Å²) >= 11 is 0. The third-order valence-electron chi connectivity index (χ3n) is 6.96. The molecule has 5 heterocycles. The molecule has 5 aliphatic heterocycles. The van der Waals surface area contributed by atoms with Gasteiger partial charge in [-0.3, -0.25) is 14.4 Å². The van der Waals surface area contributed by atoms with E-state index in [1.165, 1.54) is 6.07 Å². The van der Waals surface area contributed by atoms with Crippen LogP contribution in [0.2, 0.25) is 0 Å². The van der Waals surface area contributed by atoms with E-state index < -0.39 is 11.8 Å². The summed E-state index contributed by atoms with van der Waals surface area (Å²) in [5.74, 6) is -0.965. The Labute approximate surface area is 168 Å². The second-order valence-electron chi connectivity index (χ2n) is 8.59. The van der Waals surface area contributed by atoms with Crippen molar-refractivity contribution in [2.24, 2.45) is 0 Å². The Balaban J connectivity index is 1.38. The van der Waals surface area contributed by atoms with Crippen molar-refractivity contribution in [3.63, 3.8) is 0 Å². The van der Waals surface area contributed by atoms with Gasteiger partial charge < -0.3 is 20.4 Å². The number of carbonyl (C=O) groups excluding carboxylic acids is 3. The summed E-state index contributed by atoms with van der Waals surface area (Å²) in [5, 5.41) is 6.60. The number of carbonyl (C=O) groups is 3. The maximum atomic E-state index is 14.4. The van der Waals surface area contributed by atoms with Crippen LogP contribution < -0.4 is 15.5 Å². The van der Waals surface area contributed by atoms with Crippen molar-refractivity contribution in [1.82, 2.24) is 15.5 Å². The van der Waals surface area contributed by atoms with E-state index in [1.807, 2.05) is 0 Å². The number of piperidine rings is 3. The lowest BCUT2D eigenvalue weighted by molar-refractivity contribution is -0.131. The van der Waals surface area contributed by atoms with Crippen LogP contribution in [0.3, 0.4) is 0 Å². The molecule has 7 nitrogen and oxygen atoms in total. The summed E-state index contributed by atoms with van der Waals surface area (Å²) in [7, 11) is 0. The highest BCUT2D eigenvalue weighted by atomic mass is 19.1. The van der Waals surface area contributed by atoms with Gasteiger partial charge >= 0.3 is 0 Å². The molecule has 4 atom stereocenters. The van der Waals surface area contributed by atoms with Gasteiger partial charge in [0, 0.05) is 61.1 Å². The van der Waals surface area contributed by atoms with Crippen molar-refractivity contribution in [2.75, 3.05) is 24.5 Å². The number of anilines is 1. The molecule has 2 N–H and O–H groups in total. The number of nitrogens with zero attached hydrogens (tertiary/aromatic N) is 2. The summed E-state index contributed by atoms with van der Waals surface area (Å²) < 4.78 is 14.4. The summed E-state index contributed by atoms with van der Waals surface area (Å²) in [6.45, 7) is 2.66. The maximum Gasteiger partial charge on any atom is 0.254 e. The molecular formula is C21H25FN4O3. The van der Waals surface area contributed by atoms with Gasteiger partial charge in [0.1, 0.15) is 5.82 Å². The Morgan fingerprint density at radius 1 is 1.07 bits per heavy atom. The zero-order valence-electron chi connectivity index (χ0n) is 16.2. The van der Waals surface area contributed by atoms with E-state index in [-0.39, 0.29) is 17.8 Å². The molecule has 0 spiro atoms. The largest absolute Gasteiger partial charge is 0.365 e. The summed E-state index contributed by atoms with van der Waals surface area (Å²) in [6, 6.07) is 3.16. The minimum atomic E-state index is -0.465. The molecule has 1 aromatic carbocycles. The average molecular weight is 400 g/mol. The molecule has 8 heteroatoms. The molecule has 29 heavy (non-hydrogen) atoms. The number of halogens is 1. The molecule has 1 aromatic rings. The second kappa shape index (κ2) is 7.18. The molecule has 5 aliphatic rings. The first kappa shape index (κ1) is 18.7. The van der Waals surface area contributed by atoms with Gasteiger partial charge in [-0.25, -0.2) is 4.39 Å². The zero-order valence-corrected chi connectivity index (χ0v) is 16.2. The minimum Gasteiger partial charge on any atom is -0.365 e. The third-order valence-corrected chi connectivity index (χ3v) is 6.96. The number of amides is 1. The molecule has 2 bridgehead atoms. The molecule has 4 unspecified atom stereocenters. The van der Waals surface area contributed by atoms with Crippen LogP contribution in [0, 0.1) is 5.82 Å². The van der Waals surface area contributed by atoms with Crippen molar-refractivity contribution in [3.05, 3.63) is 29.1 Å². The fourth-order valence-electron chi connectivity index (χ4n) is 5.36. The number of hydrogen-bond donors (Lipinski definition) is 2. The molecule has 4 saturated heterocycles. The Bertz CT molecular complexity index is 860. The molecule has 6 rings (SSSR count). The van der Waals surface area contributed by atoms with Crippen LogP contribution in [0.25, 0.3) is 0 Å². The van der Waals surface area contributed by atoms with E-state index in [0.717, 1.165) is 37.2 Å². The summed E-state index contributed by atoms with van der Waals surface area (Å²) in [6.07, 6.45) is 3.74. The Hall–Kier alpha value is -2.32. The Kier molecular flexibility index (Phi) is 4.63. The monoisotopic (exact) mass is 400 g/mol. The van der Waals surface area contributed by atoms with Crippen molar-refractivity contribution < 1.29 is 18.8 Å². The van der Waals surface area contributed by atoms with Crippen molar-refractivity contribution >= 4 is 23.7 Å². The van der Waals surface area contributed by atoms with Gasteiger partial charge in [0.15, 0.2) is 6.29 Å². The lowest BCUT2D eigenvalue weighted by Crippen LogP contribution is -2.61. The molecular weight excluding hydrogens is 375 g/mol. The van der Waals surface area contributed by atoms with Crippen LogP contribution >= 0.6 is 0 Å². The van der Waals surface area contributed by atoms with E-state index in [1.54, 1.807) is 11.0 Å². The van der Waals surface area contributed by atoms with Gasteiger partial charge in [-0.05, 0) is 37.8 Å². The molecule has 0 saturated carbocycles. The van der Waals surface area contributed by atoms with E-state index >= 15 is 0 Å². The fraction of sp³-hybridized carbons (Fsp3) is 0.571. The summed E-state index contributed by atoms with van der Waals surface area (Å²) in [5.41, 5.74) is 2.22. The van der Waals surface area contributed by atoms with Crippen molar-refractivity contribution in [3.8, 4) is 0 Å². The maximum absolute atomic E-state index is 14.4. The highest BCUT2D eigenvalue weighted by molar-refractivity contribution is 6.27. The minimum absolute atomic E-state index is 0.0685. The number of Topliss-reactive ketones (excluding diaryl/α,β-unsaturated/α-hetero) is 1. The molecule has 1 amide bonds. The predicted molar refractivity (Wildman–Crippen MR) is 104 cm³/mol. The van der Waals surface area contributed by atoms with Crippen molar-refractivity contribution in [2.45, 2.75) is 56.4 Å². The number of piperazine rings is 1. The highest BCUT2D eigenvalue weighted by Gasteiger charge is 2.40. The van der Waals surface area contributed by atoms with Crippen LogP contribution in [0.4, 0.5) is 10.1 Å². The van der Waals surface area contributed by atoms with Gasteiger partial charge in [-0.1, -0.05) is 0 Å². The number of rotatable bonds is 4. The number of ketones is 1. The van der Waals surface area contributed by atoms with E-state index in [9.17, 15) is 18.8 Å². The predicted octanol–water partition coefficient (Wildman–Crippen LogP) is 0.611. The first-order valence-corrected chi connectivity index (χ1v) is 10.4. The highest BCUT2D eigenvalue weighted by Crippen LogP contribution is 2.38. The Morgan fingerprint density at radius 3 is 2.45 bits per heavy atom. The van der Waals surface area contributed by atoms with Crippen molar-refractivity contribution in [1.29, 1.82) is 0 Å². The number of aldehydes is 1. The number of fused-ring (bicyclic) bond motifs is 4. The summed E-state index contributed by atoms with van der Waals surface area (Å²) in [4.78, 5) is 39.5. The average Bonchev–Trinajstić information content (AvgIpc) is 3.10. The van der Waals surface area contributed by atoms with Crippen LogP contribution in [-0.2, 0) is 16.1 Å². The lowest BCUT2D eigenvalue weighted by Gasteiger charge is -2.47. The van der Waals surface area contributed by atoms with Crippen LogP contribution in [0.15, 0.2) is 12.1 Å². The van der Waals surface area contributed by atoms with Crippen LogP contribution in [0.1, 0.15) is 41.6 Å². The smallest absolute Gasteiger partial charge is 0.254 e. The first-order chi connectivity index (χ1) is 14.0. The molecule has 0 radical (unpaired) electrons. The SMILES string of the molecule is O=CC(=O)C1CCC(N2Cc3c(cc(F)cc3N3CC4CCC3CN4)C2=O)CN1. The third kappa shape index (κ3) is 3.14. The zero-order chi connectivity index (χ0) is 20.1. The lowest BCUT2D eigenvalue weighted by atomic mass is 9.91. The van der Waals surface area contributed by atoms with Crippen LogP contribution in [-0.4, -0.2) is 66.7 Å². The molecule has 0 aliphatic carbocycles. The van der Waals surface area contributed by atoms with E-state index in [4.69, 9.17) is 0 Å². The number of nitrogens with one attached hydrogen (secondary N) is 2. The normalized spacial score (nSPS) is 31.1. The number of hydrogen-bond acceptors (Lipinski definition) is 6. The second-order valence-corrected chi connectivity index (χ2v) is 8.59. The van der Waals surface area contributed by atoms with Gasteiger partial charge in [0.05, 0.1) is 6.04 Å². The number of benzene rings is 1. The van der Waals surface area contributed by atoms with E-state index in [2.05, 4.69) is 15.5 Å². The van der Waals surface area contributed by atoms with E-state index in [0.29, 0.717) is 49.9 Å². The van der Waals surface area contributed by atoms with Crippen LogP contribution in [0.5, 0.6) is 0 Å². The molecule has 0 aromatic heterocycles. The molecule has 154 valence electrons. The standard InChI is InChI=1S/C21H25FN4O3/c22-12-5-16-17(19(6-12)25-9-13-1-2-14(25)7-23-13)10-26(21(16)29)15-3-4-18(24-8-15)20(28)11-27/h5-6,11,13-15,18,23-24H,1-4,7-10H2. The fourth-order valence-corrected chi connectivity index (χ4v) is 5.36. The quantitative estimate of drug-likeness (QED) is 0.569. The van der Waals surface area contributed by atoms with Gasteiger partial charge in [0.2, 0.25) is 5.78 Å². The van der Waals surface area contributed by atoms with Gasteiger partial charge in [-0.15, -0.1) is 0 Å². The topological polar surface area (TPSA) is 81.8 Å². The molecule has 4 fully saturated rings. The Morgan fingerprint density at radius 2 is 1.83 bits per heavy atom. The first-order valence-electron chi connectivity index (χ1n) is 10.4. The van der Waals surface area contributed by atoms with Gasteiger partial charge in [0.25, 0.3) is 5.91 Å².